The zero-order chi connectivity index (χ0) is 10.9. The van der Waals surface area contributed by atoms with Crippen LogP contribution in [0.3, 0.4) is 0 Å². The first kappa shape index (κ1) is 11.1. The quantitative estimate of drug-likeness (QED) is 0.637. The van der Waals surface area contributed by atoms with E-state index in [0.717, 1.165) is 6.08 Å². The minimum absolute atomic E-state index is 0.353. The summed E-state index contributed by atoms with van der Waals surface area (Å²) >= 11 is 5.04. The first-order valence-electron chi connectivity index (χ1n) is 3.71. The molecule has 1 rings (SSSR count). The van der Waals surface area contributed by atoms with Crippen molar-refractivity contribution in [3.8, 4) is 0 Å². The lowest BCUT2D eigenvalue weighted by Gasteiger charge is -2.23. The van der Waals surface area contributed by atoms with E-state index in [1.807, 2.05) is 0 Å². The molecule has 0 spiro atoms. The van der Waals surface area contributed by atoms with Crippen molar-refractivity contribution in [2.24, 2.45) is 0 Å². The second-order valence-corrected chi connectivity index (χ2v) is 3.24. The number of alkyl halides is 3. The van der Waals surface area contributed by atoms with Crippen LogP contribution >= 0.6 is 11.6 Å². The highest BCUT2D eigenvalue weighted by molar-refractivity contribution is 6.68. The van der Waals surface area contributed by atoms with Crippen molar-refractivity contribution in [1.82, 2.24) is 4.90 Å². The fourth-order valence-electron chi connectivity index (χ4n) is 1.12. The molecule has 0 fully saturated rings. The molecule has 0 aromatic rings. The maximum atomic E-state index is 12.4. The Morgan fingerprint density at radius 1 is 1.57 bits per heavy atom. The highest BCUT2D eigenvalue weighted by atomic mass is 35.5. The number of hydrogen-bond donors (Lipinski definition) is 0. The summed E-state index contributed by atoms with van der Waals surface area (Å²) in [5.74, 6) is 0. The minimum Gasteiger partial charge on any atom is -0.376 e. The third kappa shape index (κ3) is 2.29. The summed E-state index contributed by atoms with van der Waals surface area (Å²) in [6, 6.07) is 0. The largest absolute Gasteiger partial charge is 0.415 e. The molecule has 0 aromatic heterocycles. The van der Waals surface area contributed by atoms with Crippen LogP contribution in [0.5, 0.6) is 0 Å². The SMILES string of the molecule is CN1C=CC(C(=O)Cl)=C(C(F)(F)F)C1. The number of rotatable bonds is 1. The van der Waals surface area contributed by atoms with Crippen LogP contribution in [-0.4, -0.2) is 29.9 Å². The summed E-state index contributed by atoms with van der Waals surface area (Å²) in [7, 11) is 1.48. The second kappa shape index (κ2) is 3.65. The topological polar surface area (TPSA) is 20.3 Å². The van der Waals surface area contributed by atoms with Gasteiger partial charge in [-0.3, -0.25) is 4.79 Å². The molecule has 0 radical (unpaired) electrons. The highest BCUT2D eigenvalue weighted by Gasteiger charge is 2.38. The molecule has 1 aliphatic heterocycles. The summed E-state index contributed by atoms with van der Waals surface area (Å²) in [5, 5.41) is -1.08. The molecule has 14 heavy (non-hydrogen) atoms. The molecule has 78 valence electrons. The third-order valence-corrected chi connectivity index (χ3v) is 1.99. The molecular weight excluding hydrogens is 219 g/mol. The first-order valence-corrected chi connectivity index (χ1v) is 4.09. The van der Waals surface area contributed by atoms with Gasteiger partial charge in [-0.15, -0.1) is 0 Å². The van der Waals surface area contributed by atoms with Crippen LogP contribution in [0.1, 0.15) is 0 Å². The van der Waals surface area contributed by atoms with E-state index in [4.69, 9.17) is 11.6 Å². The molecule has 0 atom stereocenters. The van der Waals surface area contributed by atoms with E-state index in [1.165, 1.54) is 18.1 Å². The molecule has 0 bridgehead atoms. The molecule has 0 N–H and O–H groups in total. The Balaban J connectivity index is 3.15. The molecule has 1 heterocycles. The molecule has 0 aliphatic carbocycles. The first-order chi connectivity index (χ1) is 6.32. The van der Waals surface area contributed by atoms with Gasteiger partial charge in [0, 0.05) is 19.2 Å². The van der Waals surface area contributed by atoms with E-state index >= 15 is 0 Å². The lowest BCUT2D eigenvalue weighted by atomic mass is 10.1. The van der Waals surface area contributed by atoms with Crippen molar-refractivity contribution in [2.75, 3.05) is 13.6 Å². The number of halogens is 4. The number of hydrogen-bond acceptors (Lipinski definition) is 2. The second-order valence-electron chi connectivity index (χ2n) is 2.89. The molecule has 0 saturated carbocycles. The van der Waals surface area contributed by atoms with Gasteiger partial charge >= 0.3 is 6.18 Å². The van der Waals surface area contributed by atoms with Gasteiger partial charge in [-0.1, -0.05) is 0 Å². The van der Waals surface area contributed by atoms with Gasteiger partial charge in [-0.05, 0) is 23.9 Å². The van der Waals surface area contributed by atoms with Gasteiger partial charge in [0.15, 0.2) is 0 Å². The predicted molar refractivity (Wildman–Crippen MR) is 45.7 cm³/mol. The van der Waals surface area contributed by atoms with E-state index in [-0.39, 0.29) is 6.54 Å². The fourth-order valence-corrected chi connectivity index (χ4v) is 1.29. The number of carbonyl (C=O) groups excluding carboxylic acids is 1. The van der Waals surface area contributed by atoms with E-state index < -0.39 is 22.6 Å². The van der Waals surface area contributed by atoms with Gasteiger partial charge in [0.25, 0.3) is 5.24 Å². The van der Waals surface area contributed by atoms with Gasteiger partial charge < -0.3 is 4.90 Å². The summed E-state index contributed by atoms with van der Waals surface area (Å²) in [4.78, 5) is 12.0. The highest BCUT2D eigenvalue weighted by Crippen LogP contribution is 2.32. The Morgan fingerprint density at radius 2 is 2.14 bits per heavy atom. The zero-order valence-corrected chi connectivity index (χ0v) is 7.99. The maximum absolute atomic E-state index is 12.4. The Bertz CT molecular complexity index is 319. The monoisotopic (exact) mass is 225 g/mol. The maximum Gasteiger partial charge on any atom is 0.415 e. The van der Waals surface area contributed by atoms with Crippen LogP contribution < -0.4 is 0 Å². The molecule has 0 unspecified atom stereocenters. The lowest BCUT2D eigenvalue weighted by molar-refractivity contribution is -0.111. The molecule has 1 aliphatic rings. The third-order valence-electron chi connectivity index (χ3n) is 1.78. The van der Waals surface area contributed by atoms with Gasteiger partial charge in [-0.2, -0.15) is 13.2 Å². The van der Waals surface area contributed by atoms with Crippen molar-refractivity contribution in [1.29, 1.82) is 0 Å². The van der Waals surface area contributed by atoms with Crippen LogP contribution in [0.25, 0.3) is 0 Å². The van der Waals surface area contributed by atoms with E-state index in [0.29, 0.717) is 0 Å². The normalized spacial score (nSPS) is 17.6. The van der Waals surface area contributed by atoms with Crippen LogP contribution in [0.2, 0.25) is 0 Å². The smallest absolute Gasteiger partial charge is 0.376 e. The summed E-state index contributed by atoms with van der Waals surface area (Å²) < 4.78 is 37.2. The van der Waals surface area contributed by atoms with E-state index in [9.17, 15) is 18.0 Å². The van der Waals surface area contributed by atoms with Crippen molar-refractivity contribution < 1.29 is 18.0 Å². The van der Waals surface area contributed by atoms with Gasteiger partial charge in [0.2, 0.25) is 0 Å². The Labute approximate surface area is 83.6 Å². The predicted octanol–water partition coefficient (Wildman–Crippen LogP) is 2.07. The summed E-state index contributed by atoms with van der Waals surface area (Å²) in [6.07, 6.45) is -2.06. The Kier molecular flexibility index (Phi) is 2.89. The number of allylic oxidation sites excluding steroid dienone is 2. The summed E-state index contributed by atoms with van der Waals surface area (Å²) in [5.41, 5.74) is -1.38. The zero-order valence-electron chi connectivity index (χ0n) is 7.23. The fraction of sp³-hybridized carbons (Fsp3) is 0.375. The number of likely N-dealkylation sites (N-methyl/N-ethyl adjacent to an activating group) is 1. The molecular formula is C8H7ClF3NO. The van der Waals surface area contributed by atoms with Crippen molar-refractivity contribution in [3.05, 3.63) is 23.4 Å². The molecule has 6 heteroatoms. The van der Waals surface area contributed by atoms with Crippen LogP contribution in [-0.2, 0) is 4.79 Å². The van der Waals surface area contributed by atoms with E-state index in [1.54, 1.807) is 0 Å². The minimum atomic E-state index is -4.51. The Morgan fingerprint density at radius 3 is 2.57 bits per heavy atom. The van der Waals surface area contributed by atoms with Crippen molar-refractivity contribution in [3.63, 3.8) is 0 Å². The summed E-state index contributed by atoms with van der Waals surface area (Å²) in [6.45, 7) is -0.353. The van der Waals surface area contributed by atoms with Gasteiger partial charge in [0.05, 0.1) is 5.57 Å². The average molecular weight is 226 g/mol. The molecule has 0 aromatic carbocycles. The number of carbonyl (C=O) groups is 1. The van der Waals surface area contributed by atoms with Crippen LogP contribution in [0.15, 0.2) is 23.4 Å². The van der Waals surface area contributed by atoms with Crippen molar-refractivity contribution >= 4 is 16.8 Å². The molecule has 2 nitrogen and oxygen atoms in total. The number of nitrogens with zero attached hydrogens (tertiary/aromatic N) is 1. The molecule has 0 amide bonds. The van der Waals surface area contributed by atoms with Crippen LogP contribution in [0.4, 0.5) is 13.2 Å². The standard InChI is InChI=1S/C8H7ClF3NO/c1-13-3-2-5(7(9)14)6(4-13)8(10,11)12/h2-3H,4H2,1H3. The van der Waals surface area contributed by atoms with Crippen LogP contribution in [0, 0.1) is 0 Å². The Hall–Kier alpha value is -0.970. The van der Waals surface area contributed by atoms with E-state index in [2.05, 4.69) is 0 Å². The van der Waals surface area contributed by atoms with Crippen molar-refractivity contribution in [2.45, 2.75) is 6.18 Å². The molecule has 0 saturated heterocycles. The van der Waals surface area contributed by atoms with Gasteiger partial charge in [-0.25, -0.2) is 0 Å². The average Bonchev–Trinajstić information content (AvgIpc) is 2.01. The van der Waals surface area contributed by atoms with Gasteiger partial charge in [0.1, 0.15) is 0 Å². The lowest BCUT2D eigenvalue weighted by Crippen LogP contribution is -2.29.